The van der Waals surface area contributed by atoms with Crippen LogP contribution in [0.15, 0.2) is 36.7 Å². The zero-order chi connectivity index (χ0) is 14.5. The summed E-state index contributed by atoms with van der Waals surface area (Å²) in [5, 5.41) is 3.18. The second-order valence-corrected chi connectivity index (χ2v) is 4.34. The van der Waals surface area contributed by atoms with E-state index in [0.717, 1.165) is 11.3 Å². The molecule has 1 heterocycles. The number of hydrogen-bond donors (Lipinski definition) is 2. The molecule has 0 radical (unpaired) electrons. The first-order valence-electron chi connectivity index (χ1n) is 6.36. The van der Waals surface area contributed by atoms with Crippen LogP contribution < -0.4 is 11.1 Å². The molecule has 0 saturated carbocycles. The summed E-state index contributed by atoms with van der Waals surface area (Å²) in [6, 6.07) is 6.91. The number of aromatic nitrogens is 1. The maximum Gasteiger partial charge on any atom is 0.338 e. The van der Waals surface area contributed by atoms with Crippen molar-refractivity contribution in [1.82, 2.24) is 4.98 Å². The van der Waals surface area contributed by atoms with Gasteiger partial charge < -0.3 is 15.8 Å². The average molecular weight is 271 g/mol. The molecule has 0 aliphatic rings. The summed E-state index contributed by atoms with van der Waals surface area (Å²) in [7, 11) is 0. The lowest BCUT2D eigenvalue weighted by Gasteiger charge is -2.12. The van der Waals surface area contributed by atoms with Crippen LogP contribution in [-0.4, -0.2) is 17.6 Å². The zero-order valence-corrected chi connectivity index (χ0v) is 11.5. The molecule has 2 aromatic rings. The Kier molecular flexibility index (Phi) is 4.20. The van der Waals surface area contributed by atoms with E-state index in [4.69, 9.17) is 10.5 Å². The number of ether oxygens (including phenoxy) is 1. The van der Waals surface area contributed by atoms with E-state index >= 15 is 0 Å². The molecule has 104 valence electrons. The molecule has 5 heteroatoms. The van der Waals surface area contributed by atoms with Crippen LogP contribution >= 0.6 is 0 Å². The quantitative estimate of drug-likeness (QED) is 0.660. The van der Waals surface area contributed by atoms with Gasteiger partial charge in [-0.3, -0.25) is 4.98 Å². The van der Waals surface area contributed by atoms with Crippen LogP contribution in [0.5, 0.6) is 0 Å². The maximum absolute atomic E-state index is 11.7. The van der Waals surface area contributed by atoms with E-state index in [2.05, 4.69) is 10.3 Å². The summed E-state index contributed by atoms with van der Waals surface area (Å²) in [5.41, 5.74) is 9.50. The standard InChI is InChI=1S/C15H17N3O2/c1-3-20-15(19)11-4-5-12(16)13(8-11)18-14-9-17-7-6-10(14)2/h4-9,18H,3,16H2,1-2H3. The average Bonchev–Trinajstić information content (AvgIpc) is 2.44. The molecule has 20 heavy (non-hydrogen) atoms. The molecule has 0 bridgehead atoms. The molecule has 0 amide bonds. The Labute approximate surface area is 117 Å². The Morgan fingerprint density at radius 1 is 1.35 bits per heavy atom. The first-order chi connectivity index (χ1) is 9.61. The number of nitrogen functional groups attached to an aromatic ring is 1. The third-order valence-corrected chi connectivity index (χ3v) is 2.87. The van der Waals surface area contributed by atoms with Gasteiger partial charge in [-0.15, -0.1) is 0 Å². The van der Waals surface area contributed by atoms with Crippen molar-refractivity contribution < 1.29 is 9.53 Å². The third kappa shape index (κ3) is 3.06. The summed E-state index contributed by atoms with van der Waals surface area (Å²) in [6.45, 7) is 4.08. The van der Waals surface area contributed by atoms with E-state index in [1.165, 1.54) is 0 Å². The van der Waals surface area contributed by atoms with Gasteiger partial charge in [0.15, 0.2) is 0 Å². The van der Waals surface area contributed by atoms with E-state index in [9.17, 15) is 4.79 Å². The number of nitrogens with two attached hydrogens (primary N) is 1. The van der Waals surface area contributed by atoms with Crippen LogP contribution in [0.1, 0.15) is 22.8 Å². The summed E-state index contributed by atoms with van der Waals surface area (Å²) in [4.78, 5) is 15.8. The second-order valence-electron chi connectivity index (χ2n) is 4.34. The number of hydrogen-bond acceptors (Lipinski definition) is 5. The normalized spacial score (nSPS) is 10.1. The number of carbonyl (C=O) groups excluding carboxylic acids is 1. The predicted molar refractivity (Wildman–Crippen MR) is 79.1 cm³/mol. The molecule has 5 nitrogen and oxygen atoms in total. The summed E-state index contributed by atoms with van der Waals surface area (Å²) in [5.74, 6) is -0.363. The molecular weight excluding hydrogens is 254 g/mol. The number of pyridine rings is 1. The number of carbonyl (C=O) groups is 1. The summed E-state index contributed by atoms with van der Waals surface area (Å²) >= 11 is 0. The highest BCUT2D eigenvalue weighted by molar-refractivity contribution is 5.92. The van der Waals surface area contributed by atoms with Gasteiger partial charge in [-0.25, -0.2) is 4.79 Å². The first kappa shape index (κ1) is 13.9. The minimum Gasteiger partial charge on any atom is -0.462 e. The van der Waals surface area contributed by atoms with Crippen molar-refractivity contribution in [3.8, 4) is 0 Å². The lowest BCUT2D eigenvalue weighted by atomic mass is 10.1. The Hall–Kier alpha value is -2.56. The molecule has 0 atom stereocenters. The second kappa shape index (κ2) is 6.06. The van der Waals surface area contributed by atoms with Crippen molar-refractivity contribution in [3.63, 3.8) is 0 Å². The SMILES string of the molecule is CCOC(=O)c1ccc(N)c(Nc2cnccc2C)c1. The predicted octanol–water partition coefficient (Wildman–Crippen LogP) is 2.89. The Bertz CT molecular complexity index is 626. The van der Waals surface area contributed by atoms with E-state index in [1.54, 1.807) is 37.5 Å². The zero-order valence-electron chi connectivity index (χ0n) is 11.5. The molecule has 0 fully saturated rings. The Morgan fingerprint density at radius 2 is 2.15 bits per heavy atom. The highest BCUT2D eigenvalue weighted by atomic mass is 16.5. The molecule has 0 aliphatic heterocycles. The number of benzene rings is 1. The van der Waals surface area contributed by atoms with Gasteiger partial charge in [-0.1, -0.05) is 0 Å². The topological polar surface area (TPSA) is 77.2 Å². The van der Waals surface area contributed by atoms with Gasteiger partial charge >= 0.3 is 5.97 Å². The number of esters is 1. The van der Waals surface area contributed by atoms with Crippen molar-refractivity contribution in [2.24, 2.45) is 0 Å². The highest BCUT2D eigenvalue weighted by Gasteiger charge is 2.10. The van der Waals surface area contributed by atoms with Crippen molar-refractivity contribution >= 4 is 23.0 Å². The number of anilines is 3. The van der Waals surface area contributed by atoms with Crippen LogP contribution in [0.2, 0.25) is 0 Å². The number of nitrogens with zero attached hydrogens (tertiary/aromatic N) is 1. The lowest BCUT2D eigenvalue weighted by molar-refractivity contribution is 0.0526. The Balaban J connectivity index is 2.30. The van der Waals surface area contributed by atoms with Gasteiger partial charge in [0.25, 0.3) is 0 Å². The fourth-order valence-corrected chi connectivity index (χ4v) is 1.75. The number of nitrogens with one attached hydrogen (secondary N) is 1. The summed E-state index contributed by atoms with van der Waals surface area (Å²) in [6.07, 6.45) is 3.44. The molecule has 1 aromatic heterocycles. The Morgan fingerprint density at radius 3 is 2.85 bits per heavy atom. The number of rotatable bonds is 4. The van der Waals surface area contributed by atoms with E-state index in [0.29, 0.717) is 23.5 Å². The fraction of sp³-hybridized carbons (Fsp3) is 0.200. The van der Waals surface area contributed by atoms with Crippen LogP contribution in [0, 0.1) is 6.92 Å². The van der Waals surface area contributed by atoms with E-state index in [1.807, 2.05) is 13.0 Å². The van der Waals surface area contributed by atoms with Crippen LogP contribution in [0.3, 0.4) is 0 Å². The maximum atomic E-state index is 11.7. The monoisotopic (exact) mass is 271 g/mol. The molecular formula is C15H17N3O2. The minimum atomic E-state index is -0.363. The third-order valence-electron chi connectivity index (χ3n) is 2.87. The van der Waals surface area contributed by atoms with Crippen LogP contribution in [-0.2, 0) is 4.74 Å². The number of aryl methyl sites for hydroxylation is 1. The van der Waals surface area contributed by atoms with Crippen LogP contribution in [0.25, 0.3) is 0 Å². The van der Waals surface area contributed by atoms with Gasteiger partial charge in [0.2, 0.25) is 0 Å². The van der Waals surface area contributed by atoms with Gasteiger partial charge in [0, 0.05) is 6.20 Å². The molecule has 0 saturated heterocycles. The van der Waals surface area contributed by atoms with Crippen molar-refractivity contribution in [2.45, 2.75) is 13.8 Å². The van der Waals surface area contributed by atoms with E-state index in [-0.39, 0.29) is 5.97 Å². The van der Waals surface area contributed by atoms with Gasteiger partial charge in [-0.05, 0) is 43.7 Å². The van der Waals surface area contributed by atoms with Gasteiger partial charge in [-0.2, -0.15) is 0 Å². The first-order valence-corrected chi connectivity index (χ1v) is 6.36. The highest BCUT2D eigenvalue weighted by Crippen LogP contribution is 2.26. The smallest absolute Gasteiger partial charge is 0.338 e. The molecule has 3 N–H and O–H groups in total. The van der Waals surface area contributed by atoms with Crippen molar-refractivity contribution in [1.29, 1.82) is 0 Å². The molecule has 2 rings (SSSR count). The van der Waals surface area contributed by atoms with E-state index < -0.39 is 0 Å². The summed E-state index contributed by atoms with van der Waals surface area (Å²) < 4.78 is 4.98. The lowest BCUT2D eigenvalue weighted by Crippen LogP contribution is -2.06. The molecule has 0 spiro atoms. The van der Waals surface area contributed by atoms with Crippen LogP contribution in [0.4, 0.5) is 17.1 Å². The van der Waals surface area contributed by atoms with Crippen molar-refractivity contribution in [2.75, 3.05) is 17.7 Å². The minimum absolute atomic E-state index is 0.341. The largest absolute Gasteiger partial charge is 0.462 e. The molecule has 0 unspecified atom stereocenters. The fourth-order valence-electron chi connectivity index (χ4n) is 1.75. The van der Waals surface area contributed by atoms with Gasteiger partial charge in [0.1, 0.15) is 0 Å². The molecule has 1 aromatic carbocycles. The van der Waals surface area contributed by atoms with Gasteiger partial charge in [0.05, 0.1) is 35.4 Å². The molecule has 0 aliphatic carbocycles. The van der Waals surface area contributed by atoms with Crippen molar-refractivity contribution in [3.05, 3.63) is 47.8 Å².